The average molecular weight is 435 g/mol. The fourth-order valence-corrected chi connectivity index (χ4v) is 7.03. The van der Waals surface area contributed by atoms with Gasteiger partial charge in [0.25, 0.3) is 0 Å². The third kappa shape index (κ3) is 3.16. The molecule has 3 heteroatoms. The third-order valence-corrected chi connectivity index (χ3v) is 8.39. The topological polar surface area (TPSA) is 17.1 Å². The summed E-state index contributed by atoms with van der Waals surface area (Å²) < 4.78 is -0.232. The molecule has 0 aliphatic carbocycles. The van der Waals surface area contributed by atoms with Gasteiger partial charge in [0, 0.05) is 26.5 Å². The molecule has 0 bridgehead atoms. The molecule has 0 spiro atoms. The fourth-order valence-electron chi connectivity index (χ4n) is 4.32. The van der Waals surface area contributed by atoms with Gasteiger partial charge in [0.2, 0.25) is 0 Å². The summed E-state index contributed by atoms with van der Waals surface area (Å²) in [4.78, 5) is 15.8. The largest absolute Gasteiger partial charge is 0.292 e. The second-order valence-electron chi connectivity index (χ2n) is 7.62. The average Bonchev–Trinajstić information content (AvgIpc) is 3.01. The minimum absolute atomic E-state index is 0.163. The molecule has 6 rings (SSSR count). The van der Waals surface area contributed by atoms with Crippen LogP contribution in [0.1, 0.15) is 10.4 Å². The summed E-state index contributed by atoms with van der Waals surface area (Å²) in [5.74, 6) is 0.163. The molecule has 5 aromatic rings. The number of ketones is 1. The van der Waals surface area contributed by atoms with Gasteiger partial charge in [0.15, 0.2) is 5.78 Å². The van der Waals surface area contributed by atoms with Crippen LogP contribution in [0.3, 0.4) is 0 Å². The van der Waals surface area contributed by atoms with Crippen LogP contribution >= 0.6 is 23.5 Å². The van der Waals surface area contributed by atoms with Gasteiger partial charge in [-0.05, 0) is 33.7 Å². The lowest BCUT2D eigenvalue weighted by atomic mass is 9.94. The van der Waals surface area contributed by atoms with Crippen molar-refractivity contribution in [2.75, 3.05) is 0 Å². The van der Waals surface area contributed by atoms with Crippen molar-refractivity contribution in [3.8, 4) is 11.1 Å². The summed E-state index contributed by atoms with van der Waals surface area (Å²) in [7, 11) is 0. The number of hydrogen-bond donors (Lipinski definition) is 0. The zero-order valence-electron chi connectivity index (χ0n) is 16.6. The molecule has 0 amide bonds. The Kier molecular flexibility index (Phi) is 4.59. The fraction of sp³-hybridized carbons (Fsp3) is 0.0357. The summed E-state index contributed by atoms with van der Waals surface area (Å²) in [6.45, 7) is 0. The van der Waals surface area contributed by atoms with E-state index >= 15 is 0 Å². The number of carbonyl (C=O) groups is 1. The van der Waals surface area contributed by atoms with Crippen molar-refractivity contribution in [2.24, 2.45) is 0 Å². The molecule has 1 aliphatic heterocycles. The first-order chi connectivity index (χ1) is 15.3. The Hall–Kier alpha value is -3.01. The van der Waals surface area contributed by atoms with Crippen molar-refractivity contribution < 1.29 is 4.79 Å². The lowest BCUT2D eigenvalue weighted by Crippen LogP contribution is -2.13. The van der Waals surface area contributed by atoms with Crippen LogP contribution in [0, 0.1) is 0 Å². The Morgan fingerprint density at radius 3 is 1.58 bits per heavy atom. The van der Waals surface area contributed by atoms with Crippen molar-refractivity contribution in [2.45, 2.75) is 14.4 Å². The molecule has 1 aliphatic rings. The predicted molar refractivity (Wildman–Crippen MR) is 133 cm³/mol. The van der Waals surface area contributed by atoms with Crippen molar-refractivity contribution in [3.05, 3.63) is 109 Å². The molecule has 0 N–H and O–H groups in total. The van der Waals surface area contributed by atoms with Gasteiger partial charge in [0.05, 0.1) is 0 Å². The molecule has 0 aromatic heterocycles. The SMILES string of the molecule is O=C(c1ccccc1)C1Sc2ccc3ccccc3c2-c2c(ccc3ccccc23)S1. The molecule has 0 saturated carbocycles. The van der Waals surface area contributed by atoms with E-state index in [1.807, 2.05) is 30.3 Å². The summed E-state index contributed by atoms with van der Waals surface area (Å²) in [6, 6.07) is 35.4. The molecular weight excluding hydrogens is 416 g/mol. The molecular formula is C28H18OS2. The van der Waals surface area contributed by atoms with Crippen molar-refractivity contribution in [1.29, 1.82) is 0 Å². The standard InChI is InChI=1S/C28H18OS2/c29-27(20-10-2-1-3-11-20)28-30-23-16-14-18-8-4-6-12-21(18)25(23)26-22-13-7-5-9-19(22)15-17-24(26)31-28/h1-17,28H. The first-order valence-corrected chi connectivity index (χ1v) is 12.0. The number of fused-ring (bicyclic) bond motifs is 7. The first-order valence-electron chi connectivity index (χ1n) is 10.3. The summed E-state index contributed by atoms with van der Waals surface area (Å²) in [6.07, 6.45) is 0. The maximum absolute atomic E-state index is 13.5. The second kappa shape index (κ2) is 7.60. The molecule has 0 saturated heterocycles. The van der Waals surface area contributed by atoms with Crippen LogP contribution in [0.2, 0.25) is 0 Å². The maximum Gasteiger partial charge on any atom is 0.186 e. The Labute approximate surface area is 189 Å². The Morgan fingerprint density at radius 2 is 1.03 bits per heavy atom. The number of Topliss-reactive ketones (excluding diaryl/α,β-unsaturated/α-hetero) is 1. The molecule has 31 heavy (non-hydrogen) atoms. The normalized spacial score (nSPS) is 13.5. The number of hydrogen-bond acceptors (Lipinski definition) is 3. The van der Waals surface area contributed by atoms with Gasteiger partial charge < -0.3 is 0 Å². The van der Waals surface area contributed by atoms with Crippen LogP contribution in [0.25, 0.3) is 32.7 Å². The Bertz CT molecular complexity index is 1370. The van der Waals surface area contributed by atoms with Gasteiger partial charge in [0.1, 0.15) is 4.58 Å². The van der Waals surface area contributed by atoms with E-state index in [1.54, 1.807) is 23.5 Å². The highest BCUT2D eigenvalue weighted by molar-refractivity contribution is 8.18. The van der Waals surface area contributed by atoms with Gasteiger partial charge in [-0.2, -0.15) is 0 Å². The zero-order valence-corrected chi connectivity index (χ0v) is 18.3. The second-order valence-corrected chi connectivity index (χ2v) is 10.2. The molecule has 1 heterocycles. The molecule has 0 atom stereocenters. The van der Waals surface area contributed by atoms with Crippen LogP contribution < -0.4 is 0 Å². The number of thioether (sulfide) groups is 2. The highest BCUT2D eigenvalue weighted by atomic mass is 32.2. The number of rotatable bonds is 2. The Morgan fingerprint density at radius 1 is 0.548 bits per heavy atom. The Balaban J connectivity index is 1.65. The van der Waals surface area contributed by atoms with Crippen LogP contribution in [0.5, 0.6) is 0 Å². The van der Waals surface area contributed by atoms with Gasteiger partial charge in [-0.15, -0.1) is 23.5 Å². The highest BCUT2D eigenvalue weighted by Gasteiger charge is 2.30. The van der Waals surface area contributed by atoms with Gasteiger partial charge in [-0.25, -0.2) is 0 Å². The van der Waals surface area contributed by atoms with E-state index in [0.29, 0.717) is 0 Å². The maximum atomic E-state index is 13.5. The van der Waals surface area contributed by atoms with Crippen LogP contribution in [-0.4, -0.2) is 10.4 Å². The third-order valence-electron chi connectivity index (χ3n) is 5.77. The van der Waals surface area contributed by atoms with Gasteiger partial charge in [-0.1, -0.05) is 91.0 Å². The molecule has 0 fully saturated rings. The summed E-state index contributed by atoms with van der Waals surface area (Å²) in [5.41, 5.74) is 3.25. The smallest absolute Gasteiger partial charge is 0.186 e. The van der Waals surface area contributed by atoms with E-state index in [9.17, 15) is 4.79 Å². The van der Waals surface area contributed by atoms with E-state index in [2.05, 4.69) is 72.8 Å². The first kappa shape index (κ1) is 18.7. The lowest BCUT2D eigenvalue weighted by molar-refractivity contribution is 0.101. The minimum Gasteiger partial charge on any atom is -0.292 e. The molecule has 0 radical (unpaired) electrons. The van der Waals surface area contributed by atoms with Crippen molar-refractivity contribution in [3.63, 3.8) is 0 Å². The quantitative estimate of drug-likeness (QED) is 0.262. The summed E-state index contributed by atoms with van der Waals surface area (Å²) >= 11 is 3.35. The highest BCUT2D eigenvalue weighted by Crippen LogP contribution is 2.52. The summed E-state index contributed by atoms with van der Waals surface area (Å²) in [5, 5.41) is 4.91. The van der Waals surface area contributed by atoms with Crippen LogP contribution in [-0.2, 0) is 0 Å². The van der Waals surface area contributed by atoms with E-state index in [0.717, 1.165) is 15.4 Å². The molecule has 1 nitrogen and oxygen atoms in total. The van der Waals surface area contributed by atoms with Crippen molar-refractivity contribution >= 4 is 50.9 Å². The van der Waals surface area contributed by atoms with Gasteiger partial charge in [-0.3, -0.25) is 4.79 Å². The molecule has 0 unspecified atom stereocenters. The predicted octanol–water partition coefficient (Wildman–Crippen LogP) is 8.07. The number of carbonyl (C=O) groups excluding carboxylic acids is 1. The van der Waals surface area contributed by atoms with Crippen LogP contribution in [0.15, 0.2) is 113 Å². The molecule has 5 aromatic carbocycles. The van der Waals surface area contributed by atoms with E-state index in [4.69, 9.17) is 0 Å². The van der Waals surface area contributed by atoms with E-state index in [-0.39, 0.29) is 10.4 Å². The minimum atomic E-state index is -0.232. The van der Waals surface area contributed by atoms with Crippen LogP contribution in [0.4, 0.5) is 0 Å². The zero-order chi connectivity index (χ0) is 20.8. The van der Waals surface area contributed by atoms with Gasteiger partial charge >= 0.3 is 0 Å². The lowest BCUT2D eigenvalue weighted by Gasteiger charge is -2.15. The number of benzene rings is 5. The van der Waals surface area contributed by atoms with Crippen molar-refractivity contribution in [1.82, 2.24) is 0 Å². The monoisotopic (exact) mass is 434 g/mol. The van der Waals surface area contributed by atoms with E-state index < -0.39 is 0 Å². The molecule has 148 valence electrons. The van der Waals surface area contributed by atoms with E-state index in [1.165, 1.54) is 32.7 Å².